The number of likely N-dealkylation sites (N-methyl/N-ethyl adjacent to an activating group) is 1. The minimum Gasteiger partial charge on any atom is -0.491 e. The lowest BCUT2D eigenvalue weighted by Crippen LogP contribution is -2.46. The zero-order chi connectivity index (χ0) is 44.8. The number of amides is 3. The predicted molar refractivity (Wildman–Crippen MR) is 248 cm³/mol. The number of rotatable bonds is 19. The van der Waals surface area contributed by atoms with Crippen LogP contribution in [0.25, 0.3) is 22.1 Å². The number of aryl methyl sites for hydroxylation is 4. The van der Waals surface area contributed by atoms with Gasteiger partial charge in [0.15, 0.2) is 0 Å². The van der Waals surface area contributed by atoms with Crippen LogP contribution in [-0.4, -0.2) is 120 Å². The van der Waals surface area contributed by atoms with E-state index in [0.29, 0.717) is 75.3 Å². The quantitative estimate of drug-likeness (QED) is 0.0369. The Hall–Kier alpha value is -5.89. The largest absolute Gasteiger partial charge is 0.491 e. The molecule has 1 aliphatic rings. The van der Waals surface area contributed by atoms with Crippen LogP contribution in [-0.2, 0) is 26.1 Å². The first-order valence-corrected chi connectivity index (χ1v) is 23.2. The summed E-state index contributed by atoms with van der Waals surface area (Å²) in [7, 11) is 0. The maximum Gasteiger partial charge on any atom is 0.276 e. The third-order valence-corrected chi connectivity index (χ3v) is 12.8. The van der Waals surface area contributed by atoms with Gasteiger partial charge in [-0.2, -0.15) is 5.10 Å². The molecule has 0 saturated carbocycles. The van der Waals surface area contributed by atoms with Crippen LogP contribution in [0.4, 0.5) is 11.9 Å². The van der Waals surface area contributed by atoms with Crippen molar-refractivity contribution in [1.29, 1.82) is 0 Å². The number of fused-ring (bicyclic) bond motifs is 2. The molecular formula is C44H54N12O5S2. The van der Waals surface area contributed by atoms with Crippen LogP contribution in [0.5, 0.6) is 5.75 Å². The number of benzene rings is 2. The van der Waals surface area contributed by atoms with Gasteiger partial charge in [0.05, 0.1) is 39.6 Å². The molecule has 0 aliphatic carbocycles. The number of ether oxygens (including phenoxy) is 1. The second-order valence-corrected chi connectivity index (χ2v) is 17.3. The smallest absolute Gasteiger partial charge is 0.276 e. The zero-order valence-corrected chi connectivity index (χ0v) is 38.2. The van der Waals surface area contributed by atoms with Gasteiger partial charge in [0.2, 0.25) is 17.8 Å². The molecule has 4 N–H and O–H groups in total. The van der Waals surface area contributed by atoms with Crippen LogP contribution < -0.4 is 21.1 Å². The van der Waals surface area contributed by atoms with Gasteiger partial charge in [0, 0.05) is 68.4 Å². The Balaban J connectivity index is 1.23. The minimum absolute atomic E-state index is 0.227. The van der Waals surface area contributed by atoms with E-state index in [0.717, 1.165) is 67.4 Å². The number of aldehydes is 1. The third kappa shape index (κ3) is 10.0. The fourth-order valence-electron chi connectivity index (χ4n) is 7.84. The van der Waals surface area contributed by atoms with E-state index < -0.39 is 11.8 Å². The molecule has 3 amide bonds. The summed E-state index contributed by atoms with van der Waals surface area (Å²) in [6.45, 7) is 17.1. The van der Waals surface area contributed by atoms with Crippen molar-refractivity contribution in [3.63, 3.8) is 0 Å². The van der Waals surface area contributed by atoms with Crippen LogP contribution in [0.3, 0.4) is 0 Å². The molecule has 63 heavy (non-hydrogen) atoms. The van der Waals surface area contributed by atoms with Crippen LogP contribution in [0, 0.1) is 13.8 Å². The summed E-state index contributed by atoms with van der Waals surface area (Å²) >= 11 is 2.81. The predicted octanol–water partition coefficient (Wildman–Crippen LogP) is 6.04. The highest BCUT2D eigenvalue weighted by Crippen LogP contribution is 2.33. The second kappa shape index (κ2) is 20.1. The number of hydrogen-bond donors (Lipinski definition) is 3. The van der Waals surface area contributed by atoms with Crippen molar-refractivity contribution in [2.24, 2.45) is 5.73 Å². The molecule has 4 aromatic heterocycles. The Labute approximate surface area is 374 Å². The molecule has 1 aliphatic heterocycles. The van der Waals surface area contributed by atoms with Crippen molar-refractivity contribution in [2.75, 3.05) is 62.8 Å². The lowest BCUT2D eigenvalue weighted by Gasteiger charge is -2.33. The van der Waals surface area contributed by atoms with E-state index in [1.807, 2.05) is 61.3 Å². The summed E-state index contributed by atoms with van der Waals surface area (Å²) in [5, 5.41) is 11.3. The summed E-state index contributed by atoms with van der Waals surface area (Å²) in [6.07, 6.45) is 7.94. The Morgan fingerprint density at radius 2 is 1.52 bits per heavy atom. The van der Waals surface area contributed by atoms with Crippen molar-refractivity contribution >= 4 is 81.1 Å². The second-order valence-electron chi connectivity index (χ2n) is 15.2. The SMILES string of the molecule is CCc1nc(C)sc1C(=O)Nc1nc2cc(C=O)cc(SC)c2n1C/C=C/Cn1c(NC(=O)c2cc(C)nn2CC)nc2cc(C(N)=O)cc(OCCCN3CCN(CC)CC3)c21. The molecule has 0 unspecified atom stereocenters. The highest BCUT2D eigenvalue weighted by molar-refractivity contribution is 7.98. The van der Waals surface area contributed by atoms with Crippen LogP contribution in [0.2, 0.25) is 0 Å². The average Bonchev–Trinajstić information content (AvgIpc) is 4.05. The van der Waals surface area contributed by atoms with E-state index in [1.165, 1.54) is 23.1 Å². The standard InChI is InChI=1S/C44H54N12O5S2/c1-7-31-39(63-28(5)46-31)42(60)50-44-47-32-22-29(26-57)23-36(62-6)38(32)55(44)15-11-10-14-54-37-33(48-43(54)49-41(59)34-21-27(4)51-56(34)9-3)24-30(40(45)58)25-35(37)61-20-12-13-53-18-16-52(8-2)17-19-53/h10-11,21-26H,7-9,12-20H2,1-6H3,(H2,45,58)(H,47,50,60)(H,48,49,59)/b11-10+. The molecular weight excluding hydrogens is 841 g/mol. The number of anilines is 2. The topological polar surface area (TPSA) is 200 Å². The molecule has 7 rings (SSSR count). The highest BCUT2D eigenvalue weighted by Gasteiger charge is 2.24. The molecule has 0 spiro atoms. The fraction of sp³-hybridized carbons (Fsp3) is 0.409. The van der Waals surface area contributed by atoms with E-state index in [-0.39, 0.29) is 30.5 Å². The number of nitrogens with one attached hydrogen (secondary N) is 2. The summed E-state index contributed by atoms with van der Waals surface area (Å²) in [5.41, 5.74) is 10.6. The van der Waals surface area contributed by atoms with Gasteiger partial charge in [-0.1, -0.05) is 26.0 Å². The van der Waals surface area contributed by atoms with Crippen molar-refractivity contribution < 1.29 is 23.9 Å². The van der Waals surface area contributed by atoms with E-state index in [9.17, 15) is 19.2 Å². The summed E-state index contributed by atoms with van der Waals surface area (Å²) in [6, 6.07) is 8.47. The zero-order valence-electron chi connectivity index (χ0n) is 36.6. The number of carbonyl (C=O) groups excluding carboxylic acids is 4. The molecule has 0 radical (unpaired) electrons. The molecule has 0 bridgehead atoms. The van der Waals surface area contributed by atoms with E-state index >= 15 is 0 Å². The minimum atomic E-state index is -0.630. The van der Waals surface area contributed by atoms with Crippen LogP contribution in [0.1, 0.15) is 84.5 Å². The van der Waals surface area contributed by atoms with Crippen molar-refractivity contribution in [2.45, 2.75) is 72.0 Å². The van der Waals surface area contributed by atoms with Gasteiger partial charge in [-0.3, -0.25) is 34.5 Å². The Kier molecular flexibility index (Phi) is 14.4. The Morgan fingerprint density at radius 1 is 0.857 bits per heavy atom. The number of imidazole rings is 2. The maximum absolute atomic E-state index is 13.9. The summed E-state index contributed by atoms with van der Waals surface area (Å²) < 4.78 is 11.8. The Morgan fingerprint density at radius 3 is 2.16 bits per heavy atom. The van der Waals surface area contributed by atoms with Crippen molar-refractivity contribution in [3.05, 3.63) is 80.6 Å². The highest BCUT2D eigenvalue weighted by atomic mass is 32.2. The van der Waals surface area contributed by atoms with Gasteiger partial charge < -0.3 is 29.4 Å². The average molecular weight is 895 g/mol. The van der Waals surface area contributed by atoms with Gasteiger partial charge in [-0.25, -0.2) is 15.0 Å². The lowest BCUT2D eigenvalue weighted by molar-refractivity contribution is 0.0995. The lowest BCUT2D eigenvalue weighted by atomic mass is 10.1. The van der Waals surface area contributed by atoms with Gasteiger partial charge in [0.25, 0.3) is 11.8 Å². The molecule has 2 aromatic carbocycles. The number of aromatic nitrogens is 7. The molecule has 0 atom stereocenters. The van der Waals surface area contributed by atoms with Crippen molar-refractivity contribution in [3.8, 4) is 5.75 Å². The molecule has 17 nitrogen and oxygen atoms in total. The van der Waals surface area contributed by atoms with E-state index in [4.69, 9.17) is 20.4 Å². The number of primary amides is 1. The third-order valence-electron chi connectivity index (χ3n) is 11.0. The number of thioether (sulfide) groups is 1. The van der Waals surface area contributed by atoms with Gasteiger partial charge in [-0.05, 0) is 76.7 Å². The molecule has 332 valence electrons. The van der Waals surface area contributed by atoms with Crippen molar-refractivity contribution in [1.82, 2.24) is 43.7 Å². The number of nitrogens with zero attached hydrogens (tertiary/aromatic N) is 9. The first-order chi connectivity index (χ1) is 30.4. The van der Waals surface area contributed by atoms with Gasteiger partial charge >= 0.3 is 0 Å². The number of carbonyl (C=O) groups is 4. The monoisotopic (exact) mass is 894 g/mol. The maximum atomic E-state index is 13.9. The van der Waals surface area contributed by atoms with Crippen LogP contribution >= 0.6 is 23.1 Å². The molecule has 19 heteroatoms. The summed E-state index contributed by atoms with van der Waals surface area (Å²) in [5.74, 6) is -0.373. The fourth-order valence-corrected chi connectivity index (χ4v) is 9.41. The van der Waals surface area contributed by atoms with Gasteiger partial charge in [0.1, 0.15) is 28.1 Å². The van der Waals surface area contributed by atoms with E-state index in [1.54, 1.807) is 28.9 Å². The Bertz CT molecular complexity index is 2690. The van der Waals surface area contributed by atoms with Gasteiger partial charge in [-0.15, -0.1) is 23.1 Å². The van der Waals surface area contributed by atoms with Crippen LogP contribution in [0.15, 0.2) is 47.4 Å². The number of nitrogens with two attached hydrogens (primary N) is 1. The normalized spacial score (nSPS) is 13.7. The first kappa shape index (κ1) is 45.1. The summed E-state index contributed by atoms with van der Waals surface area (Å²) in [4.78, 5) is 72.5. The number of thiazole rings is 1. The molecule has 6 aromatic rings. The molecule has 1 fully saturated rings. The number of piperazine rings is 1. The molecule has 5 heterocycles. The molecule has 1 saturated heterocycles. The number of allylic oxidation sites excluding steroid dienone is 2. The van der Waals surface area contributed by atoms with E-state index in [2.05, 4.69) is 37.4 Å². The first-order valence-electron chi connectivity index (χ1n) is 21.2. The number of hydrogen-bond acceptors (Lipinski definition) is 13.